The Kier molecular flexibility index (Phi) is 2.68. The van der Waals surface area contributed by atoms with Crippen LogP contribution in [-0.2, 0) is 0 Å². The molecule has 15 heavy (non-hydrogen) atoms. The van der Waals surface area contributed by atoms with Crippen LogP contribution < -0.4 is 0 Å². The van der Waals surface area contributed by atoms with Gasteiger partial charge in [0.05, 0.1) is 5.33 Å². The van der Waals surface area contributed by atoms with Crippen molar-refractivity contribution < 1.29 is 9.90 Å². The Morgan fingerprint density at radius 2 is 2.20 bits per heavy atom. The third kappa shape index (κ3) is 1.72. The van der Waals surface area contributed by atoms with Gasteiger partial charge >= 0.3 is 0 Å². The van der Waals surface area contributed by atoms with Crippen molar-refractivity contribution in [3.05, 3.63) is 36.0 Å². The average Bonchev–Trinajstić information content (AvgIpc) is 2.29. The molecule has 0 saturated carbocycles. The number of phenols is 1. The minimum atomic E-state index is -0.0204. The van der Waals surface area contributed by atoms with Crippen molar-refractivity contribution in [2.24, 2.45) is 0 Å². The van der Waals surface area contributed by atoms with E-state index in [1.807, 2.05) is 0 Å². The molecule has 0 aliphatic heterocycles. The van der Waals surface area contributed by atoms with Crippen LogP contribution in [0.25, 0.3) is 10.9 Å². The van der Waals surface area contributed by atoms with E-state index in [1.165, 1.54) is 6.07 Å². The molecule has 76 valence electrons. The summed E-state index contributed by atoms with van der Waals surface area (Å²) in [5.41, 5.74) is 1.04. The van der Waals surface area contributed by atoms with Crippen molar-refractivity contribution in [2.75, 3.05) is 5.33 Å². The molecule has 1 aromatic carbocycles. The molecular weight excluding hydrogens is 258 g/mol. The third-order valence-electron chi connectivity index (χ3n) is 2.17. The minimum Gasteiger partial charge on any atom is -0.506 e. The molecule has 0 unspecified atom stereocenters. The maximum Gasteiger partial charge on any atom is 0.174 e. The van der Waals surface area contributed by atoms with Gasteiger partial charge in [0.15, 0.2) is 5.78 Å². The second-order valence-corrected chi connectivity index (χ2v) is 3.65. The molecule has 0 amide bonds. The van der Waals surface area contributed by atoms with Crippen LogP contribution in [0, 0.1) is 0 Å². The highest BCUT2D eigenvalue weighted by Crippen LogP contribution is 2.25. The van der Waals surface area contributed by atoms with Gasteiger partial charge in [0.1, 0.15) is 11.3 Å². The van der Waals surface area contributed by atoms with Gasteiger partial charge in [0.25, 0.3) is 0 Å². The van der Waals surface area contributed by atoms with Crippen LogP contribution in [0.5, 0.6) is 5.75 Å². The lowest BCUT2D eigenvalue weighted by Gasteiger charge is -2.04. The SMILES string of the molecule is O=C(CBr)c1ccc(O)c2ncccc12. The number of aromatic nitrogens is 1. The summed E-state index contributed by atoms with van der Waals surface area (Å²) in [5, 5.41) is 10.5. The molecule has 2 aromatic rings. The van der Waals surface area contributed by atoms with Crippen molar-refractivity contribution in [3.8, 4) is 5.75 Å². The van der Waals surface area contributed by atoms with Crippen molar-refractivity contribution in [1.82, 2.24) is 4.98 Å². The highest BCUT2D eigenvalue weighted by Gasteiger charge is 2.11. The van der Waals surface area contributed by atoms with Crippen LogP contribution in [0.3, 0.4) is 0 Å². The van der Waals surface area contributed by atoms with E-state index >= 15 is 0 Å². The molecule has 2 rings (SSSR count). The summed E-state index contributed by atoms with van der Waals surface area (Å²) in [7, 11) is 0. The van der Waals surface area contributed by atoms with Crippen molar-refractivity contribution in [3.63, 3.8) is 0 Å². The number of Topliss-reactive ketones (excluding diaryl/α,β-unsaturated/α-hetero) is 1. The fourth-order valence-corrected chi connectivity index (χ4v) is 1.77. The Morgan fingerprint density at radius 1 is 1.40 bits per heavy atom. The van der Waals surface area contributed by atoms with Crippen LogP contribution in [0.2, 0.25) is 0 Å². The van der Waals surface area contributed by atoms with E-state index in [1.54, 1.807) is 24.4 Å². The fourth-order valence-electron chi connectivity index (χ4n) is 1.47. The number of pyridine rings is 1. The van der Waals surface area contributed by atoms with Gasteiger partial charge in [-0.2, -0.15) is 0 Å². The number of hydrogen-bond donors (Lipinski definition) is 1. The lowest BCUT2D eigenvalue weighted by Crippen LogP contribution is -2.01. The summed E-state index contributed by atoms with van der Waals surface area (Å²) in [6.07, 6.45) is 1.59. The first-order valence-corrected chi connectivity index (χ1v) is 5.52. The molecule has 1 aromatic heterocycles. The zero-order chi connectivity index (χ0) is 10.8. The van der Waals surface area contributed by atoms with Crippen molar-refractivity contribution >= 4 is 32.6 Å². The largest absolute Gasteiger partial charge is 0.506 e. The second-order valence-electron chi connectivity index (χ2n) is 3.09. The van der Waals surface area contributed by atoms with Crippen LogP contribution in [0.1, 0.15) is 10.4 Å². The Hall–Kier alpha value is -1.42. The number of aromatic hydroxyl groups is 1. The van der Waals surface area contributed by atoms with Crippen LogP contribution >= 0.6 is 15.9 Å². The molecule has 0 atom stereocenters. The van der Waals surface area contributed by atoms with Gasteiger partial charge in [0.2, 0.25) is 0 Å². The first kappa shape index (κ1) is 10.1. The molecule has 0 spiro atoms. The number of rotatable bonds is 2. The normalized spacial score (nSPS) is 10.5. The van der Waals surface area contributed by atoms with Crippen LogP contribution in [-0.4, -0.2) is 21.2 Å². The molecular formula is C11H8BrNO2. The van der Waals surface area contributed by atoms with E-state index in [9.17, 15) is 9.90 Å². The number of ketones is 1. The predicted molar refractivity (Wildman–Crippen MR) is 61.5 cm³/mol. The summed E-state index contributed by atoms with van der Waals surface area (Å²) in [6.45, 7) is 0. The summed E-state index contributed by atoms with van der Waals surface area (Å²) in [5.74, 6) is 0.0738. The highest BCUT2D eigenvalue weighted by atomic mass is 79.9. The highest BCUT2D eigenvalue weighted by molar-refractivity contribution is 9.09. The molecule has 3 nitrogen and oxygen atoms in total. The van der Waals surface area contributed by atoms with Gasteiger partial charge in [-0.05, 0) is 18.2 Å². The molecule has 0 fully saturated rings. The van der Waals surface area contributed by atoms with Gasteiger partial charge in [-0.15, -0.1) is 0 Å². The van der Waals surface area contributed by atoms with Crippen LogP contribution in [0.4, 0.5) is 0 Å². The number of fused-ring (bicyclic) bond motifs is 1. The lowest BCUT2D eigenvalue weighted by molar-refractivity contribution is 0.102. The zero-order valence-corrected chi connectivity index (χ0v) is 9.36. The Labute approximate surface area is 94.9 Å². The standard InChI is InChI=1S/C11H8BrNO2/c12-6-10(15)7-3-4-9(14)11-8(7)2-1-5-13-11/h1-5,14H,6H2. The lowest BCUT2D eigenvalue weighted by atomic mass is 10.1. The van der Waals surface area contributed by atoms with E-state index in [2.05, 4.69) is 20.9 Å². The van der Waals surface area contributed by atoms with Crippen LogP contribution in [0.15, 0.2) is 30.5 Å². The first-order valence-electron chi connectivity index (χ1n) is 4.40. The van der Waals surface area contributed by atoms with Crippen molar-refractivity contribution in [1.29, 1.82) is 0 Å². The number of hydrogen-bond acceptors (Lipinski definition) is 3. The fraction of sp³-hybridized carbons (Fsp3) is 0.0909. The summed E-state index contributed by atoms with van der Waals surface area (Å²) < 4.78 is 0. The smallest absolute Gasteiger partial charge is 0.174 e. The molecule has 0 aliphatic rings. The second kappa shape index (κ2) is 3.98. The number of alkyl halides is 1. The van der Waals surface area contributed by atoms with Crippen molar-refractivity contribution in [2.45, 2.75) is 0 Å². The van der Waals surface area contributed by atoms with E-state index in [4.69, 9.17) is 0 Å². The van der Waals surface area contributed by atoms with E-state index in [0.717, 1.165) is 0 Å². The average molecular weight is 266 g/mol. The summed E-state index contributed by atoms with van der Waals surface area (Å²) in [6, 6.07) is 6.62. The van der Waals surface area contributed by atoms with E-state index < -0.39 is 0 Å². The van der Waals surface area contributed by atoms with Gasteiger partial charge in [-0.1, -0.05) is 22.0 Å². The van der Waals surface area contributed by atoms with E-state index in [0.29, 0.717) is 16.5 Å². The van der Waals surface area contributed by atoms with E-state index in [-0.39, 0.29) is 16.9 Å². The molecule has 4 heteroatoms. The number of halogens is 1. The predicted octanol–water partition coefficient (Wildman–Crippen LogP) is 2.52. The first-order chi connectivity index (χ1) is 7.24. The quantitative estimate of drug-likeness (QED) is 0.671. The van der Waals surface area contributed by atoms with Gasteiger partial charge in [0, 0.05) is 17.1 Å². The topological polar surface area (TPSA) is 50.2 Å². The molecule has 0 saturated heterocycles. The Morgan fingerprint density at radius 3 is 2.93 bits per heavy atom. The summed E-state index contributed by atoms with van der Waals surface area (Å²) in [4.78, 5) is 15.6. The number of benzene rings is 1. The number of phenolic OH excluding ortho intramolecular Hbond substituents is 1. The Balaban J connectivity index is 2.77. The van der Waals surface area contributed by atoms with Gasteiger partial charge < -0.3 is 5.11 Å². The maximum atomic E-state index is 11.6. The molecule has 0 aliphatic carbocycles. The third-order valence-corrected chi connectivity index (χ3v) is 2.68. The molecule has 0 radical (unpaired) electrons. The number of carbonyl (C=O) groups excluding carboxylic acids is 1. The number of nitrogens with zero attached hydrogens (tertiary/aromatic N) is 1. The monoisotopic (exact) mass is 265 g/mol. The van der Waals surface area contributed by atoms with Gasteiger partial charge in [-0.3, -0.25) is 9.78 Å². The minimum absolute atomic E-state index is 0.0204. The van der Waals surface area contributed by atoms with Gasteiger partial charge in [-0.25, -0.2) is 0 Å². The zero-order valence-electron chi connectivity index (χ0n) is 7.77. The molecule has 1 heterocycles. The maximum absolute atomic E-state index is 11.6. The summed E-state index contributed by atoms with van der Waals surface area (Å²) >= 11 is 3.12. The molecule has 0 bridgehead atoms. The Bertz CT molecular complexity index is 525. The number of carbonyl (C=O) groups is 1. The molecule has 1 N–H and O–H groups in total.